The van der Waals surface area contributed by atoms with Crippen LogP contribution in [0.15, 0.2) is 60.2 Å². The van der Waals surface area contributed by atoms with Gasteiger partial charge < -0.3 is 5.32 Å². The number of hydrogen-bond donors (Lipinski definition) is 1. The Morgan fingerprint density at radius 1 is 0.966 bits per heavy atom. The lowest BCUT2D eigenvalue weighted by atomic mass is 9.86. The molecule has 1 aliphatic rings. The maximum absolute atomic E-state index is 5.00. The van der Waals surface area contributed by atoms with Gasteiger partial charge in [-0.15, -0.1) is 11.3 Å². The van der Waals surface area contributed by atoms with Gasteiger partial charge in [0.05, 0.1) is 5.39 Å². The number of pyridine rings is 1. The molecule has 2 atom stereocenters. The molecule has 1 saturated carbocycles. The number of aromatic nitrogens is 3. The first kappa shape index (κ1) is 18.3. The molecular formula is C24H24N4S. The average molecular weight is 401 g/mol. The highest BCUT2D eigenvalue weighted by Gasteiger charge is 2.24. The lowest BCUT2D eigenvalue weighted by Crippen LogP contribution is -2.30. The van der Waals surface area contributed by atoms with E-state index < -0.39 is 0 Å². The van der Waals surface area contributed by atoms with Crippen molar-refractivity contribution in [1.82, 2.24) is 15.0 Å². The largest absolute Gasteiger partial charge is 0.366 e. The van der Waals surface area contributed by atoms with Gasteiger partial charge in [0.2, 0.25) is 0 Å². The van der Waals surface area contributed by atoms with Crippen molar-refractivity contribution in [1.29, 1.82) is 0 Å². The second-order valence-electron chi connectivity index (χ2n) is 7.85. The van der Waals surface area contributed by atoms with Crippen molar-refractivity contribution < 1.29 is 0 Å². The summed E-state index contributed by atoms with van der Waals surface area (Å²) in [7, 11) is 0. The molecule has 1 N–H and O–H groups in total. The lowest BCUT2D eigenvalue weighted by Gasteiger charge is -2.30. The highest BCUT2D eigenvalue weighted by atomic mass is 32.1. The third-order valence-corrected chi connectivity index (χ3v) is 6.74. The first-order chi connectivity index (χ1) is 14.3. The number of hydrogen-bond acceptors (Lipinski definition) is 5. The average Bonchev–Trinajstić information content (AvgIpc) is 3.21. The van der Waals surface area contributed by atoms with Gasteiger partial charge in [-0.1, -0.05) is 50.1 Å². The van der Waals surface area contributed by atoms with Crippen LogP contribution in [0.4, 0.5) is 5.82 Å². The van der Waals surface area contributed by atoms with E-state index in [0.717, 1.165) is 27.4 Å². The lowest BCUT2D eigenvalue weighted by molar-refractivity contribution is 0.349. The quantitative estimate of drug-likeness (QED) is 0.430. The molecule has 4 nitrogen and oxygen atoms in total. The summed E-state index contributed by atoms with van der Waals surface area (Å²) in [5.41, 5.74) is 3.36. The molecule has 0 spiro atoms. The summed E-state index contributed by atoms with van der Waals surface area (Å²) in [6.07, 6.45) is 8.69. The first-order valence-electron chi connectivity index (χ1n) is 10.3. The standard InChI is InChI=1S/C24H24N4S/c1-16-8-5-6-12-20(16)26-23-21-19(17-9-3-2-4-10-17)15-29-24(21)28-22(27-23)18-11-7-13-25-14-18/h2-4,7,9-11,13-16,20H,5-6,8,12H2,1H3,(H,26,27,28)/t16-,20-/m1/s1. The van der Waals surface area contributed by atoms with Crippen molar-refractivity contribution in [3.63, 3.8) is 0 Å². The molecule has 3 heterocycles. The van der Waals surface area contributed by atoms with Crippen LogP contribution in [0.5, 0.6) is 0 Å². The molecule has 3 aromatic heterocycles. The number of nitrogens with zero attached hydrogens (tertiary/aromatic N) is 3. The Morgan fingerprint density at radius 2 is 1.79 bits per heavy atom. The Morgan fingerprint density at radius 3 is 2.59 bits per heavy atom. The zero-order chi connectivity index (χ0) is 19.6. The Bertz CT molecular complexity index is 1110. The molecule has 5 rings (SSSR count). The molecule has 0 bridgehead atoms. The fourth-order valence-corrected chi connectivity index (χ4v) is 5.15. The van der Waals surface area contributed by atoms with Crippen LogP contribution < -0.4 is 5.32 Å². The summed E-state index contributed by atoms with van der Waals surface area (Å²) in [6, 6.07) is 14.9. The van der Waals surface area contributed by atoms with E-state index in [1.54, 1.807) is 17.5 Å². The number of nitrogens with one attached hydrogen (secondary N) is 1. The number of anilines is 1. The van der Waals surface area contributed by atoms with Crippen LogP contribution in [0.3, 0.4) is 0 Å². The topological polar surface area (TPSA) is 50.7 Å². The van der Waals surface area contributed by atoms with Crippen molar-refractivity contribution in [3.05, 3.63) is 60.2 Å². The molecule has 4 aromatic rings. The minimum Gasteiger partial charge on any atom is -0.366 e. The Labute approximate surface area is 175 Å². The molecule has 1 aromatic carbocycles. The number of benzene rings is 1. The summed E-state index contributed by atoms with van der Waals surface area (Å²) < 4.78 is 0. The van der Waals surface area contributed by atoms with Gasteiger partial charge in [0.25, 0.3) is 0 Å². The van der Waals surface area contributed by atoms with Crippen molar-refractivity contribution >= 4 is 27.4 Å². The van der Waals surface area contributed by atoms with Crippen molar-refractivity contribution in [2.75, 3.05) is 5.32 Å². The van der Waals surface area contributed by atoms with E-state index in [1.165, 1.54) is 36.8 Å². The van der Waals surface area contributed by atoms with E-state index in [9.17, 15) is 0 Å². The van der Waals surface area contributed by atoms with Gasteiger partial charge in [-0.25, -0.2) is 9.97 Å². The second kappa shape index (κ2) is 7.91. The zero-order valence-electron chi connectivity index (χ0n) is 16.5. The summed E-state index contributed by atoms with van der Waals surface area (Å²) in [4.78, 5) is 15.2. The molecular weight excluding hydrogens is 376 g/mol. The summed E-state index contributed by atoms with van der Waals surface area (Å²) in [5, 5.41) is 7.15. The second-order valence-corrected chi connectivity index (χ2v) is 8.70. The molecule has 0 unspecified atom stereocenters. The van der Waals surface area contributed by atoms with E-state index >= 15 is 0 Å². The van der Waals surface area contributed by atoms with Gasteiger partial charge in [0.15, 0.2) is 5.82 Å². The smallest absolute Gasteiger partial charge is 0.164 e. The normalized spacial score (nSPS) is 19.3. The molecule has 1 aliphatic carbocycles. The van der Waals surface area contributed by atoms with Gasteiger partial charge in [-0.2, -0.15) is 0 Å². The fraction of sp³-hybridized carbons (Fsp3) is 0.292. The molecule has 146 valence electrons. The molecule has 29 heavy (non-hydrogen) atoms. The van der Waals surface area contributed by atoms with Crippen LogP contribution in [0.1, 0.15) is 32.6 Å². The monoisotopic (exact) mass is 400 g/mol. The maximum atomic E-state index is 5.00. The van der Waals surface area contributed by atoms with Crippen molar-refractivity contribution in [2.24, 2.45) is 5.92 Å². The summed E-state index contributed by atoms with van der Waals surface area (Å²) in [5.74, 6) is 2.33. The van der Waals surface area contributed by atoms with Crippen LogP contribution in [0.2, 0.25) is 0 Å². The van der Waals surface area contributed by atoms with Crippen LogP contribution in [-0.4, -0.2) is 21.0 Å². The third-order valence-electron chi connectivity index (χ3n) is 5.87. The molecule has 0 radical (unpaired) electrons. The summed E-state index contributed by atoms with van der Waals surface area (Å²) >= 11 is 1.68. The Hall–Kier alpha value is -2.79. The van der Waals surface area contributed by atoms with Gasteiger partial charge >= 0.3 is 0 Å². The third kappa shape index (κ3) is 3.62. The van der Waals surface area contributed by atoms with Gasteiger partial charge in [-0.3, -0.25) is 4.98 Å². The van der Waals surface area contributed by atoms with Crippen LogP contribution in [-0.2, 0) is 0 Å². The number of fused-ring (bicyclic) bond motifs is 1. The van der Waals surface area contributed by atoms with Crippen molar-refractivity contribution in [2.45, 2.75) is 38.6 Å². The minimum absolute atomic E-state index is 0.451. The van der Waals surface area contributed by atoms with Crippen LogP contribution in [0.25, 0.3) is 32.7 Å². The maximum Gasteiger partial charge on any atom is 0.164 e. The predicted octanol–water partition coefficient (Wildman–Crippen LogP) is 6.41. The van der Waals surface area contributed by atoms with E-state index in [-0.39, 0.29) is 0 Å². The molecule has 0 saturated heterocycles. The zero-order valence-corrected chi connectivity index (χ0v) is 17.3. The van der Waals surface area contributed by atoms with E-state index in [4.69, 9.17) is 9.97 Å². The Balaban J connectivity index is 1.66. The highest BCUT2D eigenvalue weighted by molar-refractivity contribution is 7.17. The van der Waals surface area contributed by atoms with Gasteiger partial charge in [-0.05, 0) is 36.5 Å². The van der Waals surface area contributed by atoms with E-state index in [1.807, 2.05) is 18.3 Å². The van der Waals surface area contributed by atoms with E-state index in [0.29, 0.717) is 12.0 Å². The van der Waals surface area contributed by atoms with Gasteiger partial charge in [0, 0.05) is 34.9 Å². The summed E-state index contributed by atoms with van der Waals surface area (Å²) in [6.45, 7) is 2.35. The van der Waals surface area contributed by atoms with Crippen molar-refractivity contribution in [3.8, 4) is 22.5 Å². The molecule has 0 amide bonds. The highest BCUT2D eigenvalue weighted by Crippen LogP contribution is 2.39. The Kier molecular flexibility index (Phi) is 4.98. The molecule has 0 aliphatic heterocycles. The van der Waals surface area contributed by atoms with E-state index in [2.05, 4.69) is 52.9 Å². The SMILES string of the molecule is C[C@@H]1CCCC[C@H]1Nc1nc(-c2cccnc2)nc2scc(-c3ccccc3)c12. The van der Waals surface area contributed by atoms with Crippen LogP contribution in [0, 0.1) is 5.92 Å². The van der Waals surface area contributed by atoms with Gasteiger partial charge in [0.1, 0.15) is 10.6 Å². The number of thiophene rings is 1. The fourth-order valence-electron chi connectivity index (χ4n) is 4.21. The molecule has 5 heteroatoms. The van der Waals surface area contributed by atoms with Crippen LogP contribution >= 0.6 is 11.3 Å². The first-order valence-corrected chi connectivity index (χ1v) is 11.2. The predicted molar refractivity (Wildman–Crippen MR) is 121 cm³/mol. The minimum atomic E-state index is 0.451. The number of rotatable bonds is 4. The molecule has 1 fully saturated rings.